The van der Waals surface area contributed by atoms with Gasteiger partial charge in [0.05, 0.1) is 7.11 Å². The average molecular weight is 267 g/mol. The van der Waals surface area contributed by atoms with Gasteiger partial charge in [-0.3, -0.25) is 0 Å². The number of methoxy groups -OCH3 is 1. The van der Waals surface area contributed by atoms with Crippen LogP contribution in [0.5, 0.6) is 5.75 Å². The molecule has 0 unspecified atom stereocenters. The molecule has 3 rings (SSSR count). The zero-order valence-corrected chi connectivity index (χ0v) is 11.6. The Morgan fingerprint density at radius 3 is 2.55 bits per heavy atom. The molecule has 0 atom stereocenters. The third-order valence-corrected chi connectivity index (χ3v) is 3.46. The van der Waals surface area contributed by atoms with E-state index in [4.69, 9.17) is 9.15 Å². The van der Waals surface area contributed by atoms with Gasteiger partial charge in [0.15, 0.2) is 0 Å². The van der Waals surface area contributed by atoms with E-state index in [1.54, 1.807) is 7.11 Å². The Bertz CT molecular complexity index is 713. The quantitative estimate of drug-likeness (QED) is 0.762. The standard InChI is InChI=1S/C17H17NO2/c1-12-16(15-5-3-4-6-17(15)20-12)11-18-13-7-9-14(19-2)10-8-13/h3-10,18H,11H2,1-2H3. The highest BCUT2D eigenvalue weighted by molar-refractivity contribution is 5.82. The lowest BCUT2D eigenvalue weighted by molar-refractivity contribution is 0.415. The molecule has 0 saturated heterocycles. The summed E-state index contributed by atoms with van der Waals surface area (Å²) in [5, 5.41) is 4.59. The van der Waals surface area contributed by atoms with Crippen LogP contribution in [0.2, 0.25) is 0 Å². The summed E-state index contributed by atoms with van der Waals surface area (Å²) < 4.78 is 10.9. The summed E-state index contributed by atoms with van der Waals surface area (Å²) in [6.45, 7) is 2.75. The molecule has 1 N–H and O–H groups in total. The number of fused-ring (bicyclic) bond motifs is 1. The lowest BCUT2D eigenvalue weighted by atomic mass is 10.1. The van der Waals surface area contributed by atoms with Crippen LogP contribution in [0.25, 0.3) is 11.0 Å². The Balaban J connectivity index is 1.80. The summed E-state index contributed by atoms with van der Waals surface area (Å²) in [5.41, 5.74) is 3.21. The third kappa shape index (κ3) is 2.35. The van der Waals surface area contributed by atoms with Crippen LogP contribution in [0.4, 0.5) is 5.69 Å². The minimum absolute atomic E-state index is 0.745. The van der Waals surface area contributed by atoms with E-state index in [1.807, 2.05) is 49.4 Å². The molecule has 3 aromatic rings. The van der Waals surface area contributed by atoms with Crippen molar-refractivity contribution in [3.8, 4) is 5.75 Å². The summed E-state index contributed by atoms with van der Waals surface area (Å²) in [7, 11) is 1.67. The maximum absolute atomic E-state index is 5.76. The van der Waals surface area contributed by atoms with Gasteiger partial charge >= 0.3 is 0 Å². The monoisotopic (exact) mass is 267 g/mol. The minimum Gasteiger partial charge on any atom is -0.497 e. The summed E-state index contributed by atoms with van der Waals surface area (Å²) in [4.78, 5) is 0. The molecule has 0 radical (unpaired) electrons. The first-order valence-corrected chi connectivity index (χ1v) is 6.63. The van der Waals surface area contributed by atoms with Crippen LogP contribution in [-0.2, 0) is 6.54 Å². The van der Waals surface area contributed by atoms with E-state index < -0.39 is 0 Å². The van der Waals surface area contributed by atoms with Gasteiger partial charge < -0.3 is 14.5 Å². The lowest BCUT2D eigenvalue weighted by Gasteiger charge is -2.07. The van der Waals surface area contributed by atoms with Crippen molar-refractivity contribution in [1.82, 2.24) is 0 Å². The normalized spacial score (nSPS) is 10.7. The predicted molar refractivity (Wildman–Crippen MR) is 81.3 cm³/mol. The van der Waals surface area contributed by atoms with E-state index in [0.717, 1.165) is 29.3 Å². The van der Waals surface area contributed by atoms with Crippen LogP contribution in [-0.4, -0.2) is 7.11 Å². The number of para-hydroxylation sites is 1. The average Bonchev–Trinajstić information content (AvgIpc) is 2.81. The fourth-order valence-electron chi connectivity index (χ4n) is 2.34. The van der Waals surface area contributed by atoms with Gasteiger partial charge in [0, 0.05) is 23.2 Å². The van der Waals surface area contributed by atoms with Crippen LogP contribution < -0.4 is 10.1 Å². The smallest absolute Gasteiger partial charge is 0.134 e. The first-order valence-electron chi connectivity index (χ1n) is 6.63. The van der Waals surface area contributed by atoms with Crippen LogP contribution in [0, 0.1) is 6.92 Å². The Hall–Kier alpha value is -2.42. The van der Waals surface area contributed by atoms with E-state index in [-0.39, 0.29) is 0 Å². The van der Waals surface area contributed by atoms with Gasteiger partial charge in [0.2, 0.25) is 0 Å². The number of ether oxygens (including phenoxy) is 1. The van der Waals surface area contributed by atoms with Gasteiger partial charge in [0.25, 0.3) is 0 Å². The van der Waals surface area contributed by atoms with E-state index >= 15 is 0 Å². The van der Waals surface area contributed by atoms with E-state index in [1.165, 1.54) is 10.9 Å². The number of aryl methyl sites for hydroxylation is 1. The summed E-state index contributed by atoms with van der Waals surface area (Å²) in [6.07, 6.45) is 0. The summed E-state index contributed by atoms with van der Waals surface area (Å²) >= 11 is 0. The van der Waals surface area contributed by atoms with Crippen LogP contribution in [0.15, 0.2) is 52.9 Å². The van der Waals surface area contributed by atoms with Crippen molar-refractivity contribution in [3.63, 3.8) is 0 Å². The molecular weight excluding hydrogens is 250 g/mol. The van der Waals surface area contributed by atoms with Gasteiger partial charge in [-0.1, -0.05) is 18.2 Å². The number of hydrogen-bond acceptors (Lipinski definition) is 3. The highest BCUT2D eigenvalue weighted by Gasteiger charge is 2.09. The molecule has 0 amide bonds. The molecular formula is C17H17NO2. The SMILES string of the molecule is COc1ccc(NCc2c(C)oc3ccccc23)cc1. The fraction of sp³-hybridized carbons (Fsp3) is 0.176. The van der Waals surface area contributed by atoms with Gasteiger partial charge in [-0.25, -0.2) is 0 Å². The predicted octanol–water partition coefficient (Wildman–Crippen LogP) is 4.36. The van der Waals surface area contributed by atoms with E-state index in [2.05, 4.69) is 11.4 Å². The molecule has 0 aliphatic rings. The van der Waals surface area contributed by atoms with Gasteiger partial charge in [-0.15, -0.1) is 0 Å². The van der Waals surface area contributed by atoms with E-state index in [9.17, 15) is 0 Å². The molecule has 3 nitrogen and oxygen atoms in total. The Morgan fingerprint density at radius 1 is 1.05 bits per heavy atom. The number of benzene rings is 2. The molecule has 0 aliphatic carbocycles. The van der Waals surface area contributed by atoms with Gasteiger partial charge in [-0.2, -0.15) is 0 Å². The molecule has 0 spiro atoms. The summed E-state index contributed by atoms with van der Waals surface area (Å²) in [6, 6.07) is 16.0. The number of furan rings is 1. The highest BCUT2D eigenvalue weighted by Crippen LogP contribution is 2.26. The lowest BCUT2D eigenvalue weighted by Crippen LogP contribution is -1.99. The topological polar surface area (TPSA) is 34.4 Å². The number of hydrogen-bond donors (Lipinski definition) is 1. The number of nitrogens with one attached hydrogen (secondary N) is 1. The molecule has 20 heavy (non-hydrogen) atoms. The molecule has 0 fully saturated rings. The summed E-state index contributed by atoms with van der Waals surface area (Å²) in [5.74, 6) is 1.83. The molecule has 0 aliphatic heterocycles. The van der Waals surface area contributed by atoms with Gasteiger partial charge in [-0.05, 0) is 37.3 Å². The second-order valence-corrected chi connectivity index (χ2v) is 4.72. The second-order valence-electron chi connectivity index (χ2n) is 4.72. The minimum atomic E-state index is 0.745. The first kappa shape index (κ1) is 12.6. The maximum Gasteiger partial charge on any atom is 0.134 e. The third-order valence-electron chi connectivity index (χ3n) is 3.46. The largest absolute Gasteiger partial charge is 0.497 e. The molecule has 3 heteroatoms. The van der Waals surface area contributed by atoms with Crippen molar-refractivity contribution in [1.29, 1.82) is 0 Å². The maximum atomic E-state index is 5.76. The number of anilines is 1. The Labute approximate surface area is 118 Å². The van der Waals surface area contributed by atoms with Crippen molar-refractivity contribution >= 4 is 16.7 Å². The molecule has 1 heterocycles. The van der Waals surface area contributed by atoms with E-state index in [0.29, 0.717) is 0 Å². The Morgan fingerprint density at radius 2 is 1.80 bits per heavy atom. The molecule has 102 valence electrons. The zero-order valence-electron chi connectivity index (χ0n) is 11.6. The van der Waals surface area contributed by atoms with Crippen molar-refractivity contribution < 1.29 is 9.15 Å². The van der Waals surface area contributed by atoms with Crippen molar-refractivity contribution in [2.45, 2.75) is 13.5 Å². The fourth-order valence-corrected chi connectivity index (χ4v) is 2.34. The highest BCUT2D eigenvalue weighted by atomic mass is 16.5. The first-order chi connectivity index (χ1) is 9.78. The molecule has 0 saturated carbocycles. The van der Waals surface area contributed by atoms with Crippen molar-refractivity contribution in [2.24, 2.45) is 0 Å². The van der Waals surface area contributed by atoms with Crippen LogP contribution in [0.1, 0.15) is 11.3 Å². The molecule has 2 aromatic carbocycles. The molecule has 1 aromatic heterocycles. The molecule has 0 bridgehead atoms. The van der Waals surface area contributed by atoms with Crippen molar-refractivity contribution in [3.05, 3.63) is 59.9 Å². The second kappa shape index (κ2) is 5.29. The van der Waals surface area contributed by atoms with Crippen LogP contribution in [0.3, 0.4) is 0 Å². The van der Waals surface area contributed by atoms with Crippen LogP contribution >= 0.6 is 0 Å². The zero-order chi connectivity index (χ0) is 13.9. The van der Waals surface area contributed by atoms with Gasteiger partial charge in [0.1, 0.15) is 17.1 Å². The van der Waals surface area contributed by atoms with Crippen molar-refractivity contribution in [2.75, 3.05) is 12.4 Å². The number of rotatable bonds is 4. The Kier molecular flexibility index (Phi) is 3.33.